The summed E-state index contributed by atoms with van der Waals surface area (Å²) in [5, 5.41) is 10.8. The zero-order valence-corrected chi connectivity index (χ0v) is 9.08. The van der Waals surface area contributed by atoms with Crippen molar-refractivity contribution < 1.29 is 23.1 Å². The Balaban J connectivity index is 2.79. The van der Waals surface area contributed by atoms with Crippen LogP contribution in [-0.2, 0) is 4.79 Å². The van der Waals surface area contributed by atoms with Gasteiger partial charge in [-0.15, -0.1) is 0 Å². The van der Waals surface area contributed by atoms with Crippen molar-refractivity contribution in [2.75, 3.05) is 6.54 Å². The van der Waals surface area contributed by atoms with E-state index in [4.69, 9.17) is 5.11 Å². The molecule has 0 amide bonds. The second kappa shape index (κ2) is 5.18. The number of carbonyl (C=O) groups is 1. The van der Waals surface area contributed by atoms with Gasteiger partial charge in [-0.1, -0.05) is 29.8 Å². The van der Waals surface area contributed by atoms with Gasteiger partial charge in [0.05, 0.1) is 6.54 Å². The van der Waals surface area contributed by atoms with Crippen molar-refractivity contribution in [2.24, 2.45) is 0 Å². The number of carboxylic acids is 1. The fraction of sp³-hybridized carbons (Fsp3) is 0.364. The van der Waals surface area contributed by atoms with E-state index in [0.717, 1.165) is 5.56 Å². The number of alkyl halides is 3. The van der Waals surface area contributed by atoms with Gasteiger partial charge in [-0.2, -0.15) is 13.2 Å². The molecule has 0 aliphatic rings. The van der Waals surface area contributed by atoms with E-state index in [2.05, 4.69) is 0 Å². The second-order valence-corrected chi connectivity index (χ2v) is 3.68. The van der Waals surface area contributed by atoms with Gasteiger partial charge in [0.1, 0.15) is 6.04 Å². The summed E-state index contributed by atoms with van der Waals surface area (Å²) in [6.07, 6.45) is -4.43. The molecule has 0 bridgehead atoms. The maximum absolute atomic E-state index is 12.0. The van der Waals surface area contributed by atoms with Crippen LogP contribution in [-0.4, -0.2) is 23.8 Å². The lowest BCUT2D eigenvalue weighted by Gasteiger charge is -2.16. The van der Waals surface area contributed by atoms with E-state index in [9.17, 15) is 18.0 Å². The Morgan fingerprint density at radius 1 is 1.35 bits per heavy atom. The molecule has 0 saturated carbocycles. The van der Waals surface area contributed by atoms with Gasteiger partial charge in [0.2, 0.25) is 0 Å². The van der Waals surface area contributed by atoms with E-state index >= 15 is 0 Å². The summed E-state index contributed by atoms with van der Waals surface area (Å²) in [5.41, 5.74) is 1.21. The first-order valence-electron chi connectivity index (χ1n) is 4.89. The fourth-order valence-corrected chi connectivity index (χ4v) is 1.32. The minimum absolute atomic E-state index is 0.298. The highest BCUT2D eigenvalue weighted by Crippen LogP contribution is 2.18. The van der Waals surface area contributed by atoms with Crippen LogP contribution in [0.2, 0.25) is 0 Å². The molecule has 1 rings (SSSR count). The molecule has 0 aromatic heterocycles. The Labute approximate surface area is 96.3 Å². The molecule has 1 unspecified atom stereocenters. The van der Waals surface area contributed by atoms with Crippen molar-refractivity contribution in [3.8, 4) is 0 Å². The van der Waals surface area contributed by atoms with Gasteiger partial charge in [0, 0.05) is 0 Å². The number of carboxylic acid groups (broad SMARTS) is 1. The minimum Gasteiger partial charge on any atom is -0.480 e. The van der Waals surface area contributed by atoms with Crippen molar-refractivity contribution in [1.82, 2.24) is 5.32 Å². The van der Waals surface area contributed by atoms with Crippen molar-refractivity contribution in [3.05, 3.63) is 35.4 Å². The van der Waals surface area contributed by atoms with Crippen molar-refractivity contribution in [2.45, 2.75) is 19.1 Å². The Hall–Kier alpha value is -1.56. The van der Waals surface area contributed by atoms with E-state index in [1.54, 1.807) is 12.1 Å². The molecule has 1 atom stereocenters. The normalized spacial score (nSPS) is 13.4. The zero-order valence-electron chi connectivity index (χ0n) is 9.08. The molecule has 0 aliphatic heterocycles. The van der Waals surface area contributed by atoms with Crippen LogP contribution in [0, 0.1) is 6.92 Å². The molecule has 17 heavy (non-hydrogen) atoms. The number of halogens is 3. The molecule has 1 aromatic carbocycles. The largest absolute Gasteiger partial charge is 0.480 e. The molecule has 0 heterocycles. The lowest BCUT2D eigenvalue weighted by atomic mass is 10.1. The van der Waals surface area contributed by atoms with Crippen LogP contribution < -0.4 is 5.32 Å². The van der Waals surface area contributed by atoms with Gasteiger partial charge in [0.15, 0.2) is 0 Å². The fourth-order valence-electron chi connectivity index (χ4n) is 1.32. The van der Waals surface area contributed by atoms with E-state index in [-0.39, 0.29) is 0 Å². The predicted octanol–water partition coefficient (Wildman–Crippen LogP) is 2.27. The first-order valence-corrected chi connectivity index (χ1v) is 4.89. The average molecular weight is 247 g/mol. The summed E-state index contributed by atoms with van der Waals surface area (Å²) >= 11 is 0. The molecular formula is C11H12F3NO2. The Morgan fingerprint density at radius 2 is 1.88 bits per heavy atom. The second-order valence-electron chi connectivity index (χ2n) is 3.68. The molecule has 94 valence electrons. The molecule has 1 aromatic rings. The number of hydrogen-bond donors (Lipinski definition) is 2. The van der Waals surface area contributed by atoms with E-state index in [0.29, 0.717) is 5.56 Å². The molecule has 0 radical (unpaired) electrons. The standard InChI is InChI=1S/C11H12F3NO2/c1-7-2-4-8(5-3-7)9(10(16)17)15-6-11(12,13)14/h2-5,9,15H,6H2,1H3,(H,16,17). The van der Waals surface area contributed by atoms with E-state index in [1.165, 1.54) is 12.1 Å². The number of hydrogen-bond acceptors (Lipinski definition) is 2. The summed E-state index contributed by atoms with van der Waals surface area (Å²) in [4.78, 5) is 10.9. The van der Waals surface area contributed by atoms with Crippen molar-refractivity contribution in [3.63, 3.8) is 0 Å². The minimum atomic E-state index is -4.43. The number of aryl methyl sites for hydroxylation is 1. The number of nitrogens with one attached hydrogen (secondary N) is 1. The van der Waals surface area contributed by atoms with Crippen LogP contribution in [0.4, 0.5) is 13.2 Å². The monoisotopic (exact) mass is 247 g/mol. The van der Waals surface area contributed by atoms with Gasteiger partial charge < -0.3 is 5.11 Å². The first-order chi connectivity index (χ1) is 7.79. The molecule has 0 aliphatic carbocycles. The highest BCUT2D eigenvalue weighted by molar-refractivity contribution is 5.75. The van der Waals surface area contributed by atoms with Gasteiger partial charge >= 0.3 is 12.1 Å². The smallest absolute Gasteiger partial charge is 0.401 e. The zero-order chi connectivity index (χ0) is 13.1. The number of rotatable bonds is 4. The van der Waals surface area contributed by atoms with Crippen LogP contribution in [0.15, 0.2) is 24.3 Å². The summed E-state index contributed by atoms with van der Waals surface area (Å²) in [5.74, 6) is -1.34. The summed E-state index contributed by atoms with van der Waals surface area (Å²) in [7, 11) is 0. The first kappa shape index (κ1) is 13.5. The van der Waals surface area contributed by atoms with Gasteiger partial charge in [-0.05, 0) is 12.5 Å². The third kappa shape index (κ3) is 4.44. The highest BCUT2D eigenvalue weighted by Gasteiger charge is 2.30. The Bertz CT molecular complexity index is 387. The van der Waals surface area contributed by atoms with Gasteiger partial charge in [-0.3, -0.25) is 10.1 Å². The van der Waals surface area contributed by atoms with Gasteiger partial charge in [-0.25, -0.2) is 0 Å². The van der Waals surface area contributed by atoms with E-state index in [1.807, 2.05) is 12.2 Å². The topological polar surface area (TPSA) is 49.3 Å². The van der Waals surface area contributed by atoms with Crippen molar-refractivity contribution in [1.29, 1.82) is 0 Å². The van der Waals surface area contributed by atoms with Crippen LogP contribution in [0.3, 0.4) is 0 Å². The summed E-state index contributed by atoms with van der Waals surface area (Å²) in [6.45, 7) is 0.473. The molecular weight excluding hydrogens is 235 g/mol. The highest BCUT2D eigenvalue weighted by atomic mass is 19.4. The molecule has 0 saturated heterocycles. The van der Waals surface area contributed by atoms with Crippen molar-refractivity contribution >= 4 is 5.97 Å². The molecule has 6 heteroatoms. The van der Waals surface area contributed by atoms with Gasteiger partial charge in [0.25, 0.3) is 0 Å². The lowest BCUT2D eigenvalue weighted by Crippen LogP contribution is -2.36. The SMILES string of the molecule is Cc1ccc(C(NCC(F)(F)F)C(=O)O)cc1. The summed E-state index contributed by atoms with van der Waals surface area (Å²) in [6, 6.07) is 4.95. The predicted molar refractivity (Wildman–Crippen MR) is 55.6 cm³/mol. The Morgan fingerprint density at radius 3 is 2.29 bits per heavy atom. The molecule has 0 spiro atoms. The van der Waals surface area contributed by atoms with Crippen LogP contribution >= 0.6 is 0 Å². The molecule has 2 N–H and O–H groups in total. The van der Waals surface area contributed by atoms with Crippen LogP contribution in [0.25, 0.3) is 0 Å². The number of benzene rings is 1. The third-order valence-corrected chi connectivity index (χ3v) is 2.16. The summed E-state index contributed by atoms with van der Waals surface area (Å²) < 4.78 is 36.0. The van der Waals surface area contributed by atoms with E-state index < -0.39 is 24.7 Å². The van der Waals surface area contributed by atoms with Crippen LogP contribution in [0.1, 0.15) is 17.2 Å². The maximum Gasteiger partial charge on any atom is 0.401 e. The van der Waals surface area contributed by atoms with Crippen LogP contribution in [0.5, 0.6) is 0 Å². The quantitative estimate of drug-likeness (QED) is 0.858. The lowest BCUT2D eigenvalue weighted by molar-refractivity contribution is -0.143. The third-order valence-electron chi connectivity index (χ3n) is 2.16. The maximum atomic E-state index is 12.0. The average Bonchev–Trinajstić information content (AvgIpc) is 2.18. The number of aliphatic carboxylic acids is 1. The molecule has 0 fully saturated rings. The Kier molecular flexibility index (Phi) is 4.11. The molecule has 3 nitrogen and oxygen atoms in total.